The first-order valence-corrected chi connectivity index (χ1v) is 8.24. The molecule has 0 atom stereocenters. The molecule has 9 heteroatoms. The van der Waals surface area contributed by atoms with Crippen LogP contribution in [0.5, 0.6) is 5.75 Å². The summed E-state index contributed by atoms with van der Waals surface area (Å²) in [7, 11) is 0. The summed E-state index contributed by atoms with van der Waals surface area (Å²) >= 11 is 0.482. The first-order valence-electron chi connectivity index (χ1n) is 7.47. The van der Waals surface area contributed by atoms with Gasteiger partial charge in [0.25, 0.3) is 0 Å². The van der Waals surface area contributed by atoms with Crippen molar-refractivity contribution in [3.05, 3.63) is 34.2 Å². The molecule has 24 heavy (non-hydrogen) atoms. The van der Waals surface area contributed by atoms with E-state index in [0.717, 1.165) is 0 Å². The minimum atomic E-state index is -2.11. The zero-order valence-corrected chi connectivity index (χ0v) is 14.7. The van der Waals surface area contributed by atoms with Gasteiger partial charge in [-0.05, 0) is 22.6 Å². The van der Waals surface area contributed by atoms with Gasteiger partial charge in [-0.3, -0.25) is 4.79 Å². The molecule has 0 spiro atoms. The maximum atomic E-state index is 11.8. The maximum Gasteiger partial charge on any atom is 0.223 e. The summed E-state index contributed by atoms with van der Waals surface area (Å²) in [5.41, 5.74) is 6.14. The van der Waals surface area contributed by atoms with Gasteiger partial charge in [-0.25, -0.2) is 0 Å². The fraction of sp³-hybridized carbons (Fsp3) is 0.467. The van der Waals surface area contributed by atoms with Crippen LogP contribution in [0.15, 0.2) is 28.2 Å². The Morgan fingerprint density at radius 1 is 1.42 bits per heavy atom. The van der Waals surface area contributed by atoms with Crippen LogP contribution < -0.4 is 15.8 Å². The average molecular weight is 353 g/mol. The Balaban J connectivity index is 1.97. The Bertz CT molecular complexity index is 655. The van der Waals surface area contributed by atoms with Gasteiger partial charge in [-0.1, -0.05) is 26.8 Å². The first kappa shape index (κ1) is 18.5. The topological polar surface area (TPSA) is 123 Å². The predicted octanol–water partition coefficient (Wildman–Crippen LogP) is 2.07. The minimum absolute atomic E-state index is 0.0125. The molecular weight excluding hydrogens is 332 g/mol. The van der Waals surface area contributed by atoms with E-state index in [9.17, 15) is 15.2 Å². The van der Waals surface area contributed by atoms with E-state index < -0.39 is 4.32 Å². The highest BCUT2D eigenvalue weighted by molar-refractivity contribution is 7.94. The molecule has 8 nitrogen and oxygen atoms in total. The molecule has 0 fully saturated rings. The second kappa shape index (κ2) is 6.98. The van der Waals surface area contributed by atoms with E-state index in [0.29, 0.717) is 34.7 Å². The van der Waals surface area contributed by atoms with Crippen molar-refractivity contribution in [3.8, 4) is 5.75 Å². The second-order valence-corrected chi connectivity index (χ2v) is 7.69. The maximum absolute atomic E-state index is 11.8. The lowest BCUT2D eigenvalue weighted by molar-refractivity contribution is -0.690. The molecule has 0 saturated heterocycles. The van der Waals surface area contributed by atoms with Crippen LogP contribution in [-0.2, 0) is 4.79 Å². The number of amidine groups is 1. The molecule has 2 rings (SSSR count). The number of nitrogens with one attached hydrogen (secondary N) is 1. The normalized spacial score (nSPS) is 16.1. The number of carbonyl (C=O) groups excluding carboxylic acids is 1. The zero-order valence-electron chi connectivity index (χ0n) is 13.9. The zero-order chi connectivity index (χ0) is 18.0. The molecule has 1 heterocycles. The number of amides is 1. The van der Waals surface area contributed by atoms with E-state index >= 15 is 0 Å². The van der Waals surface area contributed by atoms with E-state index in [1.807, 2.05) is 20.8 Å². The van der Waals surface area contributed by atoms with Gasteiger partial charge in [0.1, 0.15) is 17.7 Å². The Kier molecular flexibility index (Phi) is 5.38. The van der Waals surface area contributed by atoms with Crippen LogP contribution in [0.1, 0.15) is 32.8 Å². The number of rotatable bonds is 5. The molecule has 3 N–H and O–H groups in total. The molecule has 0 bridgehead atoms. The van der Waals surface area contributed by atoms with E-state index in [1.165, 1.54) is 0 Å². The van der Waals surface area contributed by atoms with Crippen molar-refractivity contribution < 1.29 is 13.9 Å². The third-order valence-corrected chi connectivity index (χ3v) is 3.94. The van der Waals surface area contributed by atoms with E-state index in [2.05, 4.69) is 10.4 Å². The quantitative estimate of drug-likeness (QED) is 0.474. The molecule has 1 aliphatic rings. The smallest absolute Gasteiger partial charge is 0.223 e. The number of hydrogen-bond donors (Lipinski definition) is 2. The lowest BCUT2D eigenvalue weighted by atomic mass is 9.97. The summed E-state index contributed by atoms with van der Waals surface area (Å²) in [4.78, 5) is 12.2. The molecule has 0 radical (unpaired) electrons. The Morgan fingerprint density at radius 3 is 2.79 bits per heavy atom. The number of ether oxygens (including phenoxy) is 1. The number of quaternary nitrogens is 1. The number of carbonyl (C=O) groups is 1. The summed E-state index contributed by atoms with van der Waals surface area (Å²) in [6.45, 7) is 6.83. The Hall–Kier alpha value is -1.81. The summed E-state index contributed by atoms with van der Waals surface area (Å²) < 4.78 is 3.49. The fourth-order valence-electron chi connectivity index (χ4n) is 1.99. The van der Waals surface area contributed by atoms with Crippen LogP contribution in [-0.4, -0.2) is 29.2 Å². The number of nitrogens with zero attached hydrogens (tertiary/aromatic N) is 2. The third-order valence-electron chi connectivity index (χ3n) is 3.09. The van der Waals surface area contributed by atoms with E-state index in [1.54, 1.807) is 18.2 Å². The Labute approximate surface area is 144 Å². The summed E-state index contributed by atoms with van der Waals surface area (Å²) in [5.74, 6) is 0.117. The highest BCUT2D eigenvalue weighted by Gasteiger charge is 2.26. The highest BCUT2D eigenvalue weighted by Crippen LogP contribution is 2.39. The van der Waals surface area contributed by atoms with E-state index in [-0.39, 0.29) is 30.2 Å². The SMILES string of the molecule is CC(C)(C)CNC(=O)CCOc1cccc2c1C(N)=N[N+]([O-])([O-])S2. The van der Waals surface area contributed by atoms with Crippen molar-refractivity contribution in [1.82, 2.24) is 5.32 Å². The highest BCUT2D eigenvalue weighted by atomic mass is 32.2. The van der Waals surface area contributed by atoms with E-state index in [4.69, 9.17) is 10.5 Å². The van der Waals surface area contributed by atoms with Gasteiger partial charge in [0, 0.05) is 6.54 Å². The van der Waals surface area contributed by atoms with Crippen molar-refractivity contribution in [2.45, 2.75) is 32.1 Å². The van der Waals surface area contributed by atoms with Gasteiger partial charge in [-0.15, -0.1) is 0 Å². The van der Waals surface area contributed by atoms with Gasteiger partial charge < -0.3 is 26.2 Å². The predicted molar refractivity (Wildman–Crippen MR) is 92.6 cm³/mol. The lowest BCUT2D eigenvalue weighted by Crippen LogP contribution is -2.33. The molecule has 0 saturated carbocycles. The fourth-order valence-corrected chi connectivity index (χ4v) is 2.81. The second-order valence-electron chi connectivity index (χ2n) is 6.61. The molecule has 0 unspecified atom stereocenters. The summed E-state index contributed by atoms with van der Waals surface area (Å²) in [6, 6.07) is 4.91. The van der Waals surface area contributed by atoms with Crippen LogP contribution in [0.2, 0.25) is 0 Å². The van der Waals surface area contributed by atoms with Crippen molar-refractivity contribution >= 4 is 23.7 Å². The number of nitrogens with two attached hydrogens (primary N) is 1. The number of fused-ring (bicyclic) bond motifs is 1. The average Bonchev–Trinajstić information content (AvgIpc) is 2.42. The van der Waals surface area contributed by atoms with Gasteiger partial charge in [0.15, 0.2) is 5.84 Å². The monoisotopic (exact) mass is 353 g/mol. The molecule has 0 aromatic heterocycles. The van der Waals surface area contributed by atoms with Gasteiger partial charge in [-0.2, -0.15) is 4.32 Å². The van der Waals surface area contributed by atoms with Crippen LogP contribution in [0.25, 0.3) is 0 Å². The molecule has 1 aromatic rings. The van der Waals surface area contributed by atoms with Crippen molar-refractivity contribution in [2.75, 3.05) is 13.2 Å². The van der Waals surface area contributed by atoms with Crippen LogP contribution in [0.3, 0.4) is 0 Å². The summed E-state index contributed by atoms with van der Waals surface area (Å²) in [6.07, 6.45) is 0.188. The van der Waals surface area contributed by atoms with Crippen molar-refractivity contribution in [1.29, 1.82) is 0 Å². The van der Waals surface area contributed by atoms with Crippen molar-refractivity contribution in [3.63, 3.8) is 0 Å². The van der Waals surface area contributed by atoms with Crippen LogP contribution >= 0.6 is 11.9 Å². The Morgan fingerprint density at radius 2 is 2.12 bits per heavy atom. The molecular formula is C15H21N4O4S-. The molecule has 1 aromatic carbocycles. The molecule has 1 amide bonds. The van der Waals surface area contributed by atoms with Crippen LogP contribution in [0, 0.1) is 15.8 Å². The largest absolute Gasteiger partial charge is 0.591 e. The van der Waals surface area contributed by atoms with Crippen molar-refractivity contribution in [2.24, 2.45) is 16.3 Å². The van der Waals surface area contributed by atoms with Gasteiger partial charge in [0.05, 0.1) is 23.5 Å². The standard InChI is InChI=1S/C15H21N4O4S/c1-15(2,3)9-17-12(20)7-8-23-10-5-4-6-11-13(10)14(16)18-19(21,22)24-11/h4-6H,7-9H2,1-3H3,(H2,16,18)(H,17,20)/q-1. The lowest BCUT2D eigenvalue weighted by Gasteiger charge is -2.39. The number of hydrogen-bond acceptors (Lipinski definition) is 7. The molecule has 0 aliphatic carbocycles. The van der Waals surface area contributed by atoms with Gasteiger partial charge in [0.2, 0.25) is 5.91 Å². The number of benzene rings is 1. The van der Waals surface area contributed by atoms with Gasteiger partial charge >= 0.3 is 0 Å². The molecule has 1 aliphatic heterocycles. The minimum Gasteiger partial charge on any atom is -0.591 e. The first-order chi connectivity index (χ1) is 11.1. The van der Waals surface area contributed by atoms with Crippen LogP contribution in [0.4, 0.5) is 0 Å². The molecule has 132 valence electrons. The third kappa shape index (κ3) is 5.10. The summed E-state index contributed by atoms with van der Waals surface area (Å²) in [5, 5.41) is 29.1.